The van der Waals surface area contributed by atoms with Crippen LogP contribution in [-0.2, 0) is 16.2 Å². The second-order valence-electron chi connectivity index (χ2n) is 5.67. The van der Waals surface area contributed by atoms with Gasteiger partial charge in [0.25, 0.3) is 5.69 Å². The first-order chi connectivity index (χ1) is 12.6. The molecule has 1 aromatic carbocycles. The summed E-state index contributed by atoms with van der Waals surface area (Å²) in [6.07, 6.45) is -4.32. The van der Waals surface area contributed by atoms with Crippen LogP contribution in [0, 0.1) is 10.1 Å². The summed E-state index contributed by atoms with van der Waals surface area (Å²) in [5, 5.41) is 10.8. The topological polar surface area (TPSA) is 103 Å². The Morgan fingerprint density at radius 2 is 1.93 bits per heavy atom. The fourth-order valence-corrected chi connectivity index (χ4v) is 3.98. The van der Waals surface area contributed by atoms with Crippen molar-refractivity contribution in [2.45, 2.75) is 17.2 Å². The van der Waals surface area contributed by atoms with Crippen LogP contribution in [0.2, 0.25) is 0 Å². The molecule has 2 heterocycles. The molecule has 0 spiro atoms. The molecule has 0 saturated carbocycles. The predicted octanol–water partition coefficient (Wildman–Crippen LogP) is 2.46. The van der Waals surface area contributed by atoms with E-state index in [0.29, 0.717) is 0 Å². The smallest absolute Gasteiger partial charge is 0.421 e. The average Bonchev–Trinajstić information content (AvgIpc) is 2.57. The number of sulfonamides is 1. The molecule has 27 heavy (non-hydrogen) atoms. The fraction of sp³-hybridized carbons (Fsp3) is 0.267. The quantitative estimate of drug-likeness (QED) is 0.561. The molecule has 1 aliphatic heterocycles. The number of nitro groups is 1. The highest BCUT2D eigenvalue weighted by Crippen LogP contribution is 2.36. The number of rotatable bonds is 5. The van der Waals surface area contributed by atoms with Crippen molar-refractivity contribution in [2.75, 3.05) is 13.1 Å². The van der Waals surface area contributed by atoms with Crippen LogP contribution >= 0.6 is 0 Å². The first-order valence-electron chi connectivity index (χ1n) is 7.52. The van der Waals surface area contributed by atoms with E-state index in [1.807, 2.05) is 0 Å². The summed E-state index contributed by atoms with van der Waals surface area (Å²) in [6, 6.07) is 6.46. The van der Waals surface area contributed by atoms with Crippen molar-refractivity contribution in [3.8, 4) is 5.88 Å². The lowest BCUT2D eigenvalue weighted by molar-refractivity contribution is -0.385. The third kappa shape index (κ3) is 3.85. The van der Waals surface area contributed by atoms with Crippen LogP contribution in [0.25, 0.3) is 0 Å². The molecule has 12 heteroatoms. The third-order valence-corrected chi connectivity index (χ3v) is 5.66. The van der Waals surface area contributed by atoms with E-state index in [9.17, 15) is 31.7 Å². The van der Waals surface area contributed by atoms with Crippen molar-refractivity contribution in [3.63, 3.8) is 0 Å². The summed E-state index contributed by atoms with van der Waals surface area (Å²) in [5.74, 6) is -0.623. The average molecular weight is 403 g/mol. The minimum absolute atomic E-state index is 0.196. The van der Waals surface area contributed by atoms with E-state index in [1.54, 1.807) is 0 Å². The van der Waals surface area contributed by atoms with Gasteiger partial charge in [0.05, 0.1) is 22.9 Å². The van der Waals surface area contributed by atoms with E-state index in [0.717, 1.165) is 34.8 Å². The van der Waals surface area contributed by atoms with Crippen molar-refractivity contribution in [1.29, 1.82) is 0 Å². The van der Waals surface area contributed by atoms with Gasteiger partial charge in [0.15, 0.2) is 0 Å². The first-order valence-corrected chi connectivity index (χ1v) is 8.96. The van der Waals surface area contributed by atoms with Gasteiger partial charge in [-0.2, -0.15) is 17.5 Å². The zero-order valence-corrected chi connectivity index (χ0v) is 14.3. The van der Waals surface area contributed by atoms with Crippen molar-refractivity contribution >= 4 is 15.7 Å². The van der Waals surface area contributed by atoms with Gasteiger partial charge in [-0.05, 0) is 18.2 Å². The van der Waals surface area contributed by atoms with Crippen molar-refractivity contribution < 1.29 is 31.2 Å². The molecule has 1 aromatic heterocycles. The Kier molecular flexibility index (Phi) is 4.78. The standard InChI is InChI=1S/C15H12F3N3O5S/c16-15(17,18)13-5-2-6-19-14(13)26-11-8-20(9-11)27(24,25)12-4-1-3-10(7-12)21(22)23/h1-7,11H,8-9H2. The molecular weight excluding hydrogens is 391 g/mol. The zero-order valence-electron chi connectivity index (χ0n) is 13.5. The van der Waals surface area contributed by atoms with Gasteiger partial charge in [-0.1, -0.05) is 6.07 Å². The molecule has 1 aliphatic rings. The lowest BCUT2D eigenvalue weighted by Crippen LogP contribution is -2.56. The molecule has 1 fully saturated rings. The molecular formula is C15H12F3N3O5S. The van der Waals surface area contributed by atoms with E-state index in [1.165, 1.54) is 12.1 Å². The number of nitrogens with zero attached hydrogens (tertiary/aromatic N) is 3. The number of benzene rings is 1. The summed E-state index contributed by atoms with van der Waals surface area (Å²) < 4.78 is 69.9. The molecule has 8 nitrogen and oxygen atoms in total. The number of alkyl halides is 3. The number of ether oxygens (including phenoxy) is 1. The Balaban J connectivity index is 1.71. The summed E-state index contributed by atoms with van der Waals surface area (Å²) >= 11 is 0. The Bertz CT molecular complexity index is 975. The number of hydrogen-bond acceptors (Lipinski definition) is 6. The van der Waals surface area contributed by atoms with Crippen LogP contribution in [0.4, 0.5) is 18.9 Å². The van der Waals surface area contributed by atoms with Gasteiger partial charge in [0.1, 0.15) is 11.7 Å². The first kappa shape index (κ1) is 19.0. The lowest BCUT2D eigenvalue weighted by Gasteiger charge is -2.37. The molecule has 0 unspecified atom stereocenters. The van der Waals surface area contributed by atoms with Crippen LogP contribution in [-0.4, -0.2) is 41.8 Å². The van der Waals surface area contributed by atoms with E-state index in [4.69, 9.17) is 4.74 Å². The number of aromatic nitrogens is 1. The van der Waals surface area contributed by atoms with Gasteiger partial charge in [-0.3, -0.25) is 10.1 Å². The number of nitro benzene ring substituents is 1. The fourth-order valence-electron chi connectivity index (χ4n) is 2.44. The zero-order chi connectivity index (χ0) is 19.8. The molecule has 0 bridgehead atoms. The van der Waals surface area contributed by atoms with Crippen molar-refractivity contribution in [1.82, 2.24) is 9.29 Å². The minimum Gasteiger partial charge on any atom is -0.471 e. The summed E-state index contributed by atoms with van der Waals surface area (Å²) in [5.41, 5.74) is -1.43. The highest BCUT2D eigenvalue weighted by atomic mass is 32.2. The van der Waals surface area contributed by atoms with Gasteiger partial charge < -0.3 is 4.74 Å². The van der Waals surface area contributed by atoms with E-state index in [-0.39, 0.29) is 23.7 Å². The molecule has 0 radical (unpaired) electrons. The SMILES string of the molecule is O=[N+]([O-])c1cccc(S(=O)(=O)N2CC(Oc3ncccc3C(F)(F)F)C2)c1. The highest BCUT2D eigenvalue weighted by Gasteiger charge is 2.41. The molecule has 0 N–H and O–H groups in total. The molecule has 0 aliphatic carbocycles. The molecule has 2 aromatic rings. The van der Waals surface area contributed by atoms with E-state index >= 15 is 0 Å². The van der Waals surface area contributed by atoms with Gasteiger partial charge in [-0.15, -0.1) is 0 Å². The molecule has 1 saturated heterocycles. The second kappa shape index (κ2) is 6.78. The summed E-state index contributed by atoms with van der Waals surface area (Å²) in [6.45, 7) is -0.391. The van der Waals surface area contributed by atoms with Crippen LogP contribution in [0.15, 0.2) is 47.5 Å². The molecule has 0 amide bonds. The van der Waals surface area contributed by atoms with Gasteiger partial charge in [0, 0.05) is 18.3 Å². The maximum Gasteiger partial charge on any atom is 0.421 e. The summed E-state index contributed by atoms with van der Waals surface area (Å²) in [4.78, 5) is 13.3. The molecule has 3 rings (SSSR count). The minimum atomic E-state index is -4.65. The Hall–Kier alpha value is -2.73. The maximum absolute atomic E-state index is 12.9. The Morgan fingerprint density at radius 1 is 1.22 bits per heavy atom. The lowest BCUT2D eigenvalue weighted by atomic mass is 10.2. The van der Waals surface area contributed by atoms with Gasteiger partial charge >= 0.3 is 6.18 Å². The Morgan fingerprint density at radius 3 is 2.56 bits per heavy atom. The van der Waals surface area contributed by atoms with Crippen molar-refractivity contribution in [2.24, 2.45) is 0 Å². The van der Waals surface area contributed by atoms with Crippen molar-refractivity contribution in [3.05, 3.63) is 58.3 Å². The number of non-ortho nitro benzene ring substituents is 1. The van der Waals surface area contributed by atoms with Gasteiger partial charge in [-0.25, -0.2) is 13.4 Å². The third-order valence-electron chi connectivity index (χ3n) is 3.84. The van der Waals surface area contributed by atoms with Crippen LogP contribution in [0.3, 0.4) is 0 Å². The number of halogens is 3. The molecule has 144 valence electrons. The summed E-state index contributed by atoms with van der Waals surface area (Å²) in [7, 11) is -4.02. The Labute approximate surface area is 151 Å². The number of hydrogen-bond donors (Lipinski definition) is 0. The normalized spacial score (nSPS) is 16.0. The maximum atomic E-state index is 12.9. The van der Waals surface area contributed by atoms with E-state index < -0.39 is 38.7 Å². The largest absolute Gasteiger partial charge is 0.471 e. The second-order valence-corrected chi connectivity index (χ2v) is 7.61. The molecule has 0 atom stereocenters. The van der Waals surface area contributed by atoms with E-state index in [2.05, 4.69) is 4.98 Å². The predicted molar refractivity (Wildman–Crippen MR) is 85.5 cm³/mol. The van der Waals surface area contributed by atoms with Crippen LogP contribution in [0.5, 0.6) is 5.88 Å². The monoisotopic (exact) mass is 403 g/mol. The van der Waals surface area contributed by atoms with Crippen LogP contribution in [0.1, 0.15) is 5.56 Å². The number of pyridine rings is 1. The van der Waals surface area contributed by atoms with Gasteiger partial charge in [0.2, 0.25) is 15.9 Å². The highest BCUT2D eigenvalue weighted by molar-refractivity contribution is 7.89. The van der Waals surface area contributed by atoms with Crippen LogP contribution < -0.4 is 4.74 Å².